The summed E-state index contributed by atoms with van der Waals surface area (Å²) in [7, 11) is 1.12. The molecule has 18 heavy (non-hydrogen) atoms. The number of nitro benzene ring substituents is 1. The minimum absolute atomic E-state index is 0.249. The van der Waals surface area contributed by atoms with Gasteiger partial charge in [0.1, 0.15) is 0 Å². The third kappa shape index (κ3) is 2.81. The van der Waals surface area contributed by atoms with Crippen LogP contribution in [-0.2, 0) is 4.79 Å². The van der Waals surface area contributed by atoms with Crippen LogP contribution in [0.3, 0.4) is 0 Å². The van der Waals surface area contributed by atoms with Crippen molar-refractivity contribution in [1.82, 2.24) is 0 Å². The van der Waals surface area contributed by atoms with Gasteiger partial charge in [-0.05, 0) is 6.07 Å². The molecule has 0 saturated carbocycles. The first-order valence-corrected chi connectivity index (χ1v) is 4.40. The molecule has 0 amide bonds. The maximum atomic E-state index is 12.8. The molecule has 0 spiro atoms. The molecule has 0 atom stereocenters. The molecule has 0 saturated heterocycles. The highest BCUT2D eigenvalue weighted by atomic mass is 19.3. The molecule has 1 rings (SSSR count). The standard InChI is InChI=1S/C9H7F2NO6/c1-17-6-3-2-5(12(15)16)4-7(6)18-9(10,11)8(13)14/h2-4H,1H3,(H,13,14). The van der Waals surface area contributed by atoms with E-state index in [-0.39, 0.29) is 5.75 Å². The van der Waals surface area contributed by atoms with Crippen molar-refractivity contribution in [2.45, 2.75) is 6.11 Å². The lowest BCUT2D eigenvalue weighted by molar-refractivity contribution is -0.385. The summed E-state index contributed by atoms with van der Waals surface area (Å²) in [4.78, 5) is 19.8. The van der Waals surface area contributed by atoms with Crippen LogP contribution in [0.5, 0.6) is 11.5 Å². The Morgan fingerprint density at radius 1 is 1.44 bits per heavy atom. The van der Waals surface area contributed by atoms with Crippen LogP contribution in [0, 0.1) is 10.1 Å². The number of nitrogens with zero attached hydrogens (tertiary/aromatic N) is 1. The molecule has 0 aliphatic carbocycles. The molecule has 1 N–H and O–H groups in total. The first kappa shape index (κ1) is 13.6. The SMILES string of the molecule is COc1ccc([N+](=O)[O-])cc1OC(F)(F)C(=O)O. The van der Waals surface area contributed by atoms with Crippen LogP contribution in [-0.4, -0.2) is 29.2 Å². The summed E-state index contributed by atoms with van der Waals surface area (Å²) in [5, 5.41) is 18.7. The number of ether oxygens (including phenoxy) is 2. The van der Waals surface area contributed by atoms with Crippen LogP contribution < -0.4 is 9.47 Å². The van der Waals surface area contributed by atoms with E-state index in [1.807, 2.05) is 0 Å². The molecule has 0 radical (unpaired) electrons. The third-order valence-corrected chi connectivity index (χ3v) is 1.85. The Morgan fingerprint density at radius 3 is 2.50 bits per heavy atom. The number of rotatable bonds is 5. The Bertz CT molecular complexity index is 490. The first-order valence-electron chi connectivity index (χ1n) is 4.40. The smallest absolute Gasteiger partial charge is 0.493 e. The fourth-order valence-corrected chi connectivity index (χ4v) is 1.04. The van der Waals surface area contributed by atoms with Crippen LogP contribution in [0.4, 0.5) is 14.5 Å². The summed E-state index contributed by atoms with van der Waals surface area (Å²) < 4.78 is 34.2. The highest BCUT2D eigenvalue weighted by Gasteiger charge is 2.43. The molecule has 98 valence electrons. The van der Waals surface area contributed by atoms with Gasteiger partial charge in [0.05, 0.1) is 18.1 Å². The quantitative estimate of drug-likeness (QED) is 0.640. The van der Waals surface area contributed by atoms with Crippen LogP contribution in [0.1, 0.15) is 0 Å². The molecule has 7 nitrogen and oxygen atoms in total. The normalized spacial score (nSPS) is 10.8. The maximum Gasteiger partial charge on any atom is 0.502 e. The average molecular weight is 263 g/mol. The molecule has 0 aliphatic rings. The Balaban J connectivity index is 3.17. The van der Waals surface area contributed by atoms with Crippen molar-refractivity contribution >= 4 is 11.7 Å². The molecule has 9 heteroatoms. The van der Waals surface area contributed by atoms with E-state index < -0.39 is 28.4 Å². The summed E-state index contributed by atoms with van der Waals surface area (Å²) in [5.74, 6) is -3.50. The largest absolute Gasteiger partial charge is 0.502 e. The second-order valence-corrected chi connectivity index (χ2v) is 3.02. The van der Waals surface area contributed by atoms with Crippen molar-refractivity contribution in [3.63, 3.8) is 0 Å². The van der Waals surface area contributed by atoms with E-state index in [0.717, 1.165) is 19.2 Å². The van der Waals surface area contributed by atoms with E-state index in [1.54, 1.807) is 0 Å². The number of hydrogen-bond donors (Lipinski definition) is 1. The van der Waals surface area contributed by atoms with Crippen LogP contribution in [0.25, 0.3) is 0 Å². The first-order chi connectivity index (χ1) is 8.27. The van der Waals surface area contributed by atoms with Gasteiger partial charge in [0.25, 0.3) is 5.69 Å². The van der Waals surface area contributed by atoms with Gasteiger partial charge in [-0.3, -0.25) is 10.1 Å². The monoisotopic (exact) mass is 263 g/mol. The van der Waals surface area contributed by atoms with Gasteiger partial charge < -0.3 is 14.6 Å². The number of carboxylic acid groups (broad SMARTS) is 1. The van der Waals surface area contributed by atoms with Crippen molar-refractivity contribution in [2.24, 2.45) is 0 Å². The summed E-state index contributed by atoms with van der Waals surface area (Å²) in [5.41, 5.74) is -0.535. The van der Waals surface area contributed by atoms with Crippen molar-refractivity contribution in [3.8, 4) is 11.5 Å². The molecule has 1 aromatic rings. The lowest BCUT2D eigenvalue weighted by atomic mass is 10.3. The predicted octanol–water partition coefficient (Wildman–Crippen LogP) is 1.66. The molecule has 0 aromatic heterocycles. The molecule has 0 unspecified atom stereocenters. The molecule has 0 aliphatic heterocycles. The molecule has 0 fully saturated rings. The second kappa shape index (κ2) is 4.82. The van der Waals surface area contributed by atoms with Crippen molar-refractivity contribution in [2.75, 3.05) is 7.11 Å². The topological polar surface area (TPSA) is 98.9 Å². The average Bonchev–Trinajstić information content (AvgIpc) is 2.28. The number of methoxy groups -OCH3 is 1. The van der Waals surface area contributed by atoms with E-state index in [2.05, 4.69) is 9.47 Å². The molecule has 1 aromatic carbocycles. The lowest BCUT2D eigenvalue weighted by Crippen LogP contribution is -2.34. The lowest BCUT2D eigenvalue weighted by Gasteiger charge is -2.15. The summed E-state index contributed by atoms with van der Waals surface area (Å²) in [6.07, 6.45) is -4.51. The van der Waals surface area contributed by atoms with Crippen molar-refractivity contribution < 1.29 is 33.1 Å². The zero-order valence-corrected chi connectivity index (χ0v) is 8.92. The predicted molar refractivity (Wildman–Crippen MR) is 52.9 cm³/mol. The van der Waals surface area contributed by atoms with Gasteiger partial charge in [-0.25, -0.2) is 4.79 Å². The summed E-state index contributed by atoms with van der Waals surface area (Å²) in [6, 6.07) is 2.67. The fraction of sp³-hybridized carbons (Fsp3) is 0.222. The molecular weight excluding hydrogens is 256 g/mol. The van der Waals surface area contributed by atoms with E-state index in [0.29, 0.717) is 6.07 Å². The number of carbonyl (C=O) groups is 1. The zero-order chi connectivity index (χ0) is 13.9. The number of halogens is 2. The highest BCUT2D eigenvalue weighted by Crippen LogP contribution is 2.34. The number of alkyl halides is 2. The highest BCUT2D eigenvalue weighted by molar-refractivity contribution is 5.74. The van der Waals surface area contributed by atoms with E-state index in [4.69, 9.17) is 5.11 Å². The van der Waals surface area contributed by atoms with Gasteiger partial charge in [0, 0.05) is 6.07 Å². The van der Waals surface area contributed by atoms with Crippen LogP contribution in [0.2, 0.25) is 0 Å². The maximum absolute atomic E-state index is 12.8. The zero-order valence-electron chi connectivity index (χ0n) is 8.92. The number of carboxylic acids is 1. The minimum atomic E-state index is -4.51. The third-order valence-electron chi connectivity index (χ3n) is 1.85. The molecule has 0 bridgehead atoms. The number of hydrogen-bond acceptors (Lipinski definition) is 5. The van der Waals surface area contributed by atoms with E-state index >= 15 is 0 Å². The Kier molecular flexibility index (Phi) is 3.64. The fourth-order valence-electron chi connectivity index (χ4n) is 1.04. The van der Waals surface area contributed by atoms with Gasteiger partial charge in [0.2, 0.25) is 0 Å². The minimum Gasteiger partial charge on any atom is -0.493 e. The van der Waals surface area contributed by atoms with Crippen LogP contribution >= 0.6 is 0 Å². The Hall–Kier alpha value is -2.45. The molecule has 0 heterocycles. The Morgan fingerprint density at radius 2 is 2.06 bits per heavy atom. The van der Waals surface area contributed by atoms with Gasteiger partial charge in [0.15, 0.2) is 11.5 Å². The molecular formula is C9H7F2NO6. The van der Waals surface area contributed by atoms with Crippen LogP contribution in [0.15, 0.2) is 18.2 Å². The van der Waals surface area contributed by atoms with Crippen molar-refractivity contribution in [1.29, 1.82) is 0 Å². The number of benzene rings is 1. The number of nitro groups is 1. The van der Waals surface area contributed by atoms with Crippen molar-refractivity contribution in [3.05, 3.63) is 28.3 Å². The summed E-state index contributed by atoms with van der Waals surface area (Å²) in [6.45, 7) is 0. The number of non-ortho nitro benzene ring substituents is 1. The van der Waals surface area contributed by atoms with Gasteiger partial charge in [-0.2, -0.15) is 8.78 Å². The van der Waals surface area contributed by atoms with Gasteiger partial charge >= 0.3 is 12.1 Å². The number of aliphatic carboxylic acids is 1. The Labute approximate surface area is 98.7 Å². The summed E-state index contributed by atoms with van der Waals surface area (Å²) >= 11 is 0. The van der Waals surface area contributed by atoms with Gasteiger partial charge in [-0.1, -0.05) is 0 Å². The van der Waals surface area contributed by atoms with E-state index in [1.165, 1.54) is 0 Å². The van der Waals surface area contributed by atoms with E-state index in [9.17, 15) is 23.7 Å². The second-order valence-electron chi connectivity index (χ2n) is 3.02. The van der Waals surface area contributed by atoms with Gasteiger partial charge in [-0.15, -0.1) is 0 Å².